The number of nitrogens with zero attached hydrogens (tertiary/aromatic N) is 1. The Labute approximate surface area is 91.0 Å². The van der Waals surface area contributed by atoms with Crippen molar-refractivity contribution in [3.8, 4) is 0 Å². The summed E-state index contributed by atoms with van der Waals surface area (Å²) >= 11 is 0. The van der Waals surface area contributed by atoms with Crippen molar-refractivity contribution < 1.29 is 27.8 Å². The lowest BCUT2D eigenvalue weighted by molar-refractivity contribution is -0.264. The average Bonchev–Trinajstić information content (AvgIpc) is 2.60. The third-order valence-electron chi connectivity index (χ3n) is 3.07. The molecule has 94 valence electrons. The van der Waals surface area contributed by atoms with E-state index in [1.165, 1.54) is 11.8 Å². The van der Waals surface area contributed by atoms with E-state index in [1.54, 1.807) is 0 Å². The quantitative estimate of drug-likeness (QED) is 0.804. The maximum atomic E-state index is 12.8. The number of alkyl halides is 3. The molecule has 1 aliphatic heterocycles. The van der Waals surface area contributed by atoms with Crippen molar-refractivity contribution >= 4 is 5.97 Å². The number of halogens is 3. The van der Waals surface area contributed by atoms with E-state index in [0.29, 0.717) is 0 Å². The van der Waals surface area contributed by atoms with Gasteiger partial charge in [0.25, 0.3) is 0 Å². The van der Waals surface area contributed by atoms with Gasteiger partial charge in [-0.15, -0.1) is 0 Å². The fraction of sp³-hybridized carbons (Fsp3) is 0.889. The second-order valence-electron chi connectivity index (χ2n) is 3.93. The molecule has 0 spiro atoms. The minimum absolute atomic E-state index is 0.0703. The van der Waals surface area contributed by atoms with Gasteiger partial charge in [-0.2, -0.15) is 13.2 Å². The van der Waals surface area contributed by atoms with Gasteiger partial charge in [0.1, 0.15) is 6.04 Å². The van der Waals surface area contributed by atoms with E-state index in [2.05, 4.69) is 4.74 Å². The smallest absolute Gasteiger partial charge is 0.418 e. The number of ether oxygens (including phenoxy) is 1. The first-order valence-corrected chi connectivity index (χ1v) is 4.82. The first kappa shape index (κ1) is 13.2. The van der Waals surface area contributed by atoms with Crippen LogP contribution < -0.4 is 0 Å². The highest BCUT2D eigenvalue weighted by atomic mass is 19.4. The maximum absolute atomic E-state index is 12.8. The van der Waals surface area contributed by atoms with Gasteiger partial charge in [-0.25, -0.2) is 0 Å². The number of likely N-dealkylation sites (tertiary alicyclic amines) is 1. The molecule has 1 heterocycles. The molecule has 1 rings (SSSR count). The molecule has 2 atom stereocenters. The number of hydrogen-bond acceptors (Lipinski definition) is 3. The van der Waals surface area contributed by atoms with Crippen LogP contribution >= 0.6 is 0 Å². The molecule has 0 bridgehead atoms. The number of aliphatic carboxylic acids is 1. The standard InChI is InChI=1S/C9H14F3NO3/c1-6(7(14)15)13-4-3-8(5-13,16-2)9(10,11)12/h6H,3-5H2,1-2H3,(H,14,15)/t6-,8+/m0/s1. The average molecular weight is 241 g/mol. The summed E-state index contributed by atoms with van der Waals surface area (Å²) in [4.78, 5) is 11.9. The molecule has 0 unspecified atom stereocenters. The molecule has 0 amide bonds. The highest BCUT2D eigenvalue weighted by Gasteiger charge is 2.59. The number of methoxy groups -OCH3 is 1. The van der Waals surface area contributed by atoms with Crippen LogP contribution in [0.4, 0.5) is 13.2 Å². The molecule has 1 saturated heterocycles. The van der Waals surface area contributed by atoms with E-state index in [0.717, 1.165) is 7.11 Å². The molecule has 4 nitrogen and oxygen atoms in total. The van der Waals surface area contributed by atoms with Gasteiger partial charge in [0.2, 0.25) is 0 Å². The summed E-state index contributed by atoms with van der Waals surface area (Å²) in [7, 11) is 1.00. The number of rotatable bonds is 3. The van der Waals surface area contributed by atoms with Crippen LogP contribution in [0.1, 0.15) is 13.3 Å². The zero-order chi connectivity index (χ0) is 12.6. The van der Waals surface area contributed by atoms with E-state index in [9.17, 15) is 18.0 Å². The van der Waals surface area contributed by atoms with Crippen molar-refractivity contribution in [2.75, 3.05) is 20.2 Å². The predicted octanol–water partition coefficient (Wildman–Crippen LogP) is 1.11. The Bertz CT molecular complexity index is 282. The topological polar surface area (TPSA) is 49.8 Å². The van der Waals surface area contributed by atoms with Gasteiger partial charge < -0.3 is 9.84 Å². The molecule has 7 heteroatoms. The van der Waals surface area contributed by atoms with Crippen LogP contribution in [0.5, 0.6) is 0 Å². The highest BCUT2D eigenvalue weighted by Crippen LogP contribution is 2.40. The zero-order valence-corrected chi connectivity index (χ0v) is 9.04. The highest BCUT2D eigenvalue weighted by molar-refractivity contribution is 5.72. The summed E-state index contributed by atoms with van der Waals surface area (Å²) < 4.78 is 42.8. The van der Waals surface area contributed by atoms with Crippen LogP contribution in [-0.4, -0.2) is 54.0 Å². The SMILES string of the molecule is CO[C@]1(C(F)(F)F)CCN([C@@H](C)C(=O)O)C1. The van der Waals surface area contributed by atoms with E-state index < -0.39 is 30.3 Å². The van der Waals surface area contributed by atoms with Crippen LogP contribution in [0.25, 0.3) is 0 Å². The minimum Gasteiger partial charge on any atom is -0.480 e. The van der Waals surface area contributed by atoms with E-state index in [-0.39, 0.29) is 13.0 Å². The van der Waals surface area contributed by atoms with Gasteiger partial charge in [0, 0.05) is 20.2 Å². The van der Waals surface area contributed by atoms with Gasteiger partial charge in [-0.3, -0.25) is 9.69 Å². The fourth-order valence-electron chi connectivity index (χ4n) is 1.81. The Morgan fingerprint density at radius 3 is 2.44 bits per heavy atom. The summed E-state index contributed by atoms with van der Waals surface area (Å²) in [5.41, 5.74) is -2.23. The largest absolute Gasteiger partial charge is 0.480 e. The molecular formula is C9H14F3NO3. The Morgan fingerprint density at radius 1 is 1.56 bits per heavy atom. The molecular weight excluding hydrogens is 227 g/mol. The molecule has 1 fully saturated rings. The molecule has 1 N–H and O–H groups in total. The molecule has 0 aromatic rings. The normalized spacial score (nSPS) is 29.3. The van der Waals surface area contributed by atoms with Crippen LogP contribution in [-0.2, 0) is 9.53 Å². The molecule has 0 aromatic carbocycles. The Hall–Kier alpha value is -0.820. The van der Waals surface area contributed by atoms with E-state index >= 15 is 0 Å². The lowest BCUT2D eigenvalue weighted by Crippen LogP contribution is -2.50. The van der Waals surface area contributed by atoms with Gasteiger partial charge >= 0.3 is 12.1 Å². The first-order chi connectivity index (χ1) is 7.23. The fourth-order valence-corrected chi connectivity index (χ4v) is 1.81. The number of carbonyl (C=O) groups is 1. The van der Waals surface area contributed by atoms with Gasteiger partial charge in [0.15, 0.2) is 5.60 Å². The molecule has 0 radical (unpaired) electrons. The van der Waals surface area contributed by atoms with Crippen LogP contribution in [0.2, 0.25) is 0 Å². The zero-order valence-electron chi connectivity index (χ0n) is 9.04. The van der Waals surface area contributed by atoms with Crippen molar-refractivity contribution in [1.29, 1.82) is 0 Å². The Kier molecular flexibility index (Phi) is 3.49. The predicted molar refractivity (Wildman–Crippen MR) is 49.1 cm³/mol. The van der Waals surface area contributed by atoms with Crippen LogP contribution in [0.3, 0.4) is 0 Å². The van der Waals surface area contributed by atoms with Crippen LogP contribution in [0.15, 0.2) is 0 Å². The lowest BCUT2D eigenvalue weighted by atomic mass is 10.0. The van der Waals surface area contributed by atoms with Crippen LogP contribution in [0, 0.1) is 0 Å². The second kappa shape index (κ2) is 4.21. The summed E-state index contributed by atoms with van der Waals surface area (Å²) in [6.45, 7) is 1.01. The van der Waals surface area contributed by atoms with Crippen molar-refractivity contribution in [3.63, 3.8) is 0 Å². The Balaban J connectivity index is 2.80. The molecule has 0 aromatic heterocycles. The van der Waals surface area contributed by atoms with E-state index in [4.69, 9.17) is 5.11 Å². The Morgan fingerprint density at radius 2 is 2.12 bits per heavy atom. The van der Waals surface area contributed by atoms with Crippen molar-refractivity contribution in [2.24, 2.45) is 0 Å². The van der Waals surface area contributed by atoms with Crippen molar-refractivity contribution in [1.82, 2.24) is 4.90 Å². The minimum atomic E-state index is -4.48. The number of carboxylic acid groups (broad SMARTS) is 1. The summed E-state index contributed by atoms with van der Waals surface area (Å²) in [6.07, 6.45) is -4.71. The number of hydrogen-bond donors (Lipinski definition) is 1. The third-order valence-corrected chi connectivity index (χ3v) is 3.07. The molecule has 16 heavy (non-hydrogen) atoms. The van der Waals surface area contributed by atoms with Crippen molar-refractivity contribution in [3.05, 3.63) is 0 Å². The maximum Gasteiger partial charge on any atom is 0.418 e. The van der Waals surface area contributed by atoms with Crippen molar-refractivity contribution in [2.45, 2.75) is 31.2 Å². The molecule has 0 saturated carbocycles. The third kappa shape index (κ3) is 2.15. The summed E-state index contributed by atoms with van der Waals surface area (Å²) in [5, 5.41) is 8.72. The molecule has 0 aliphatic carbocycles. The first-order valence-electron chi connectivity index (χ1n) is 4.82. The second-order valence-corrected chi connectivity index (χ2v) is 3.93. The van der Waals surface area contributed by atoms with Gasteiger partial charge in [0.05, 0.1) is 0 Å². The summed E-state index contributed by atoms with van der Waals surface area (Å²) in [6, 6.07) is -0.931. The molecule has 1 aliphatic rings. The lowest BCUT2D eigenvalue weighted by Gasteiger charge is -2.31. The van der Waals surface area contributed by atoms with Gasteiger partial charge in [-0.05, 0) is 13.3 Å². The van der Waals surface area contributed by atoms with E-state index in [1.807, 2.05) is 0 Å². The number of carboxylic acids is 1. The van der Waals surface area contributed by atoms with Gasteiger partial charge in [-0.1, -0.05) is 0 Å². The monoisotopic (exact) mass is 241 g/mol. The summed E-state index contributed by atoms with van der Waals surface area (Å²) in [5.74, 6) is -1.13.